The van der Waals surface area contributed by atoms with Gasteiger partial charge in [0.05, 0.1) is 13.2 Å². The van der Waals surface area contributed by atoms with Gasteiger partial charge >= 0.3 is 0 Å². The summed E-state index contributed by atoms with van der Waals surface area (Å²) < 4.78 is 11.6. The van der Waals surface area contributed by atoms with E-state index in [1.807, 2.05) is 97.1 Å². The van der Waals surface area contributed by atoms with Crippen LogP contribution >= 0.6 is 0 Å². The van der Waals surface area contributed by atoms with Crippen LogP contribution in [-0.2, 0) is 17.8 Å². The summed E-state index contributed by atoms with van der Waals surface area (Å²) in [6.07, 6.45) is 0.851. The van der Waals surface area contributed by atoms with Crippen LogP contribution in [0.25, 0.3) is 0 Å². The van der Waals surface area contributed by atoms with Crippen LogP contribution in [0.2, 0.25) is 0 Å². The zero-order valence-electron chi connectivity index (χ0n) is 18.9. The maximum Gasteiger partial charge on any atom is 0.243 e. The van der Waals surface area contributed by atoms with E-state index in [9.17, 15) is 4.79 Å². The van der Waals surface area contributed by atoms with E-state index in [0.717, 1.165) is 34.9 Å². The molecule has 0 aliphatic rings. The minimum absolute atomic E-state index is 0.131. The molecule has 0 aliphatic heterocycles. The van der Waals surface area contributed by atoms with Gasteiger partial charge in [0.25, 0.3) is 0 Å². The van der Waals surface area contributed by atoms with Crippen molar-refractivity contribution in [3.05, 3.63) is 120 Å². The van der Waals surface area contributed by atoms with Crippen LogP contribution in [0.1, 0.15) is 11.1 Å². The number of benzene rings is 4. The van der Waals surface area contributed by atoms with Crippen molar-refractivity contribution >= 4 is 17.3 Å². The molecule has 0 radical (unpaired) electrons. The Morgan fingerprint density at radius 2 is 1.35 bits per heavy atom. The van der Waals surface area contributed by atoms with E-state index < -0.39 is 0 Å². The molecule has 5 nitrogen and oxygen atoms in total. The molecule has 0 fully saturated rings. The van der Waals surface area contributed by atoms with E-state index in [2.05, 4.69) is 22.8 Å². The highest BCUT2D eigenvalue weighted by Crippen LogP contribution is 2.19. The van der Waals surface area contributed by atoms with Gasteiger partial charge in [-0.3, -0.25) is 4.79 Å². The minimum atomic E-state index is -0.131. The van der Waals surface area contributed by atoms with Crippen molar-refractivity contribution in [2.45, 2.75) is 13.0 Å². The largest absolute Gasteiger partial charge is 0.493 e. The van der Waals surface area contributed by atoms with Crippen molar-refractivity contribution < 1.29 is 14.3 Å². The summed E-state index contributed by atoms with van der Waals surface area (Å²) in [4.78, 5) is 12.4. The van der Waals surface area contributed by atoms with E-state index in [-0.39, 0.29) is 12.5 Å². The van der Waals surface area contributed by atoms with Crippen molar-refractivity contribution in [1.82, 2.24) is 0 Å². The number of nitrogens with one attached hydrogen (secondary N) is 2. The van der Waals surface area contributed by atoms with Crippen molar-refractivity contribution in [2.24, 2.45) is 0 Å². The van der Waals surface area contributed by atoms with Crippen molar-refractivity contribution in [2.75, 3.05) is 23.8 Å². The van der Waals surface area contributed by atoms with Gasteiger partial charge in [-0.2, -0.15) is 0 Å². The molecule has 4 aromatic carbocycles. The number of amides is 1. The second-order valence-electron chi connectivity index (χ2n) is 7.81. The van der Waals surface area contributed by atoms with Crippen LogP contribution in [0.3, 0.4) is 0 Å². The van der Waals surface area contributed by atoms with Crippen LogP contribution in [-0.4, -0.2) is 19.1 Å². The van der Waals surface area contributed by atoms with E-state index in [1.165, 1.54) is 5.56 Å². The molecule has 34 heavy (non-hydrogen) atoms. The SMILES string of the molecule is O=C(CNc1cccc(OCc2ccccc2)c1)Nc1ccc(OCCc2ccccc2)cc1. The fourth-order valence-corrected chi connectivity index (χ4v) is 3.39. The molecule has 4 aromatic rings. The predicted molar refractivity (Wildman–Crippen MR) is 136 cm³/mol. The first-order chi connectivity index (χ1) is 16.7. The highest BCUT2D eigenvalue weighted by atomic mass is 16.5. The summed E-state index contributed by atoms with van der Waals surface area (Å²) in [5.74, 6) is 1.39. The maximum absolute atomic E-state index is 12.4. The van der Waals surface area contributed by atoms with Crippen LogP contribution in [0, 0.1) is 0 Å². The number of carbonyl (C=O) groups is 1. The summed E-state index contributed by atoms with van der Waals surface area (Å²) in [7, 11) is 0. The molecule has 1 amide bonds. The summed E-state index contributed by atoms with van der Waals surface area (Å²) in [5, 5.41) is 6.04. The van der Waals surface area contributed by atoms with Gasteiger partial charge in [0.15, 0.2) is 0 Å². The lowest BCUT2D eigenvalue weighted by molar-refractivity contribution is -0.114. The molecule has 0 spiro atoms. The van der Waals surface area contributed by atoms with Crippen molar-refractivity contribution in [3.8, 4) is 11.5 Å². The normalized spacial score (nSPS) is 10.4. The number of anilines is 2. The molecule has 0 heterocycles. The Kier molecular flexibility index (Phi) is 8.17. The topological polar surface area (TPSA) is 59.6 Å². The fourth-order valence-electron chi connectivity index (χ4n) is 3.39. The molecular weight excluding hydrogens is 424 g/mol. The highest BCUT2D eigenvalue weighted by Gasteiger charge is 2.04. The van der Waals surface area contributed by atoms with Gasteiger partial charge < -0.3 is 20.1 Å². The Morgan fingerprint density at radius 1 is 0.647 bits per heavy atom. The number of hydrogen-bond acceptors (Lipinski definition) is 4. The minimum Gasteiger partial charge on any atom is -0.493 e. The van der Waals surface area contributed by atoms with Crippen LogP contribution in [0.5, 0.6) is 11.5 Å². The summed E-state index contributed by atoms with van der Waals surface area (Å²) in [6, 6.07) is 35.2. The third kappa shape index (κ3) is 7.41. The molecule has 0 aliphatic carbocycles. The lowest BCUT2D eigenvalue weighted by atomic mass is 10.2. The van der Waals surface area contributed by atoms with Crippen LogP contribution in [0.15, 0.2) is 109 Å². The molecule has 5 heteroatoms. The highest BCUT2D eigenvalue weighted by molar-refractivity contribution is 5.93. The van der Waals surface area contributed by atoms with Crippen LogP contribution < -0.4 is 20.1 Å². The second kappa shape index (κ2) is 12.1. The van der Waals surface area contributed by atoms with E-state index >= 15 is 0 Å². The Balaban J connectivity index is 1.19. The number of hydrogen-bond donors (Lipinski definition) is 2. The van der Waals surface area contributed by atoms with E-state index in [4.69, 9.17) is 9.47 Å². The van der Waals surface area contributed by atoms with Gasteiger partial charge in [-0.25, -0.2) is 0 Å². The average molecular weight is 453 g/mol. The third-order valence-electron chi connectivity index (χ3n) is 5.18. The van der Waals surface area contributed by atoms with Crippen molar-refractivity contribution in [1.29, 1.82) is 0 Å². The lowest BCUT2D eigenvalue weighted by Crippen LogP contribution is -2.21. The molecule has 0 atom stereocenters. The Labute approximate surface area is 200 Å². The first-order valence-electron chi connectivity index (χ1n) is 11.3. The zero-order valence-corrected chi connectivity index (χ0v) is 18.9. The quantitative estimate of drug-likeness (QED) is 0.296. The fraction of sp³-hybridized carbons (Fsp3) is 0.138. The molecule has 0 unspecified atom stereocenters. The molecule has 0 saturated carbocycles. The van der Waals surface area contributed by atoms with E-state index in [1.54, 1.807) is 0 Å². The Morgan fingerprint density at radius 3 is 2.09 bits per heavy atom. The maximum atomic E-state index is 12.4. The number of ether oxygens (including phenoxy) is 2. The molecular formula is C29H28N2O3. The molecule has 0 saturated heterocycles. The van der Waals surface area contributed by atoms with Gasteiger partial charge in [0, 0.05) is 23.9 Å². The number of carbonyl (C=O) groups excluding carboxylic acids is 1. The van der Waals surface area contributed by atoms with Gasteiger partial charge in [-0.15, -0.1) is 0 Å². The molecule has 172 valence electrons. The summed E-state index contributed by atoms with van der Waals surface area (Å²) in [6.45, 7) is 1.25. The van der Waals surface area contributed by atoms with Gasteiger partial charge in [0.1, 0.15) is 18.1 Å². The van der Waals surface area contributed by atoms with Gasteiger partial charge in [-0.05, 0) is 47.5 Å². The van der Waals surface area contributed by atoms with E-state index in [0.29, 0.717) is 13.2 Å². The lowest BCUT2D eigenvalue weighted by Gasteiger charge is -2.11. The molecule has 2 N–H and O–H groups in total. The Hall–Kier alpha value is -4.25. The van der Waals surface area contributed by atoms with Gasteiger partial charge in [0.2, 0.25) is 5.91 Å². The monoisotopic (exact) mass is 452 g/mol. The van der Waals surface area contributed by atoms with Crippen LogP contribution in [0.4, 0.5) is 11.4 Å². The second-order valence-corrected chi connectivity index (χ2v) is 7.81. The molecule has 0 bridgehead atoms. The Bertz CT molecular complexity index is 1160. The standard InChI is InChI=1S/C29H28N2O3/c32-29(21-30-26-12-7-13-28(20-26)34-22-24-10-5-2-6-11-24)31-25-14-16-27(17-15-25)33-19-18-23-8-3-1-4-9-23/h1-17,20,30H,18-19,21-22H2,(H,31,32). The average Bonchev–Trinajstić information content (AvgIpc) is 2.89. The number of rotatable bonds is 11. The summed E-state index contributed by atoms with van der Waals surface area (Å²) in [5.41, 5.74) is 3.89. The van der Waals surface area contributed by atoms with Crippen molar-refractivity contribution in [3.63, 3.8) is 0 Å². The third-order valence-corrected chi connectivity index (χ3v) is 5.18. The summed E-state index contributed by atoms with van der Waals surface area (Å²) >= 11 is 0. The zero-order chi connectivity index (χ0) is 23.4. The molecule has 0 aromatic heterocycles. The smallest absolute Gasteiger partial charge is 0.243 e. The first-order valence-corrected chi connectivity index (χ1v) is 11.3. The molecule has 4 rings (SSSR count). The predicted octanol–water partition coefficient (Wildman–Crippen LogP) is 5.94. The first kappa shape index (κ1) is 22.9. The van der Waals surface area contributed by atoms with Gasteiger partial charge in [-0.1, -0.05) is 66.7 Å².